The maximum Gasteiger partial charge on any atom is 0.229 e. The molecule has 0 aliphatic heterocycles. The van der Waals surface area contributed by atoms with Gasteiger partial charge in [0.25, 0.3) is 0 Å². The van der Waals surface area contributed by atoms with Crippen LogP contribution in [0, 0.1) is 0 Å². The first-order valence-electron chi connectivity index (χ1n) is 5.32. The first-order valence-corrected chi connectivity index (χ1v) is 9.96. The Morgan fingerprint density at radius 1 is 0.786 bits per heavy atom. The van der Waals surface area contributed by atoms with E-state index in [1.165, 1.54) is 0 Å². The summed E-state index contributed by atoms with van der Waals surface area (Å²) in [5.41, 5.74) is 0. The zero-order chi connectivity index (χ0) is 10.2. The molecule has 0 aromatic carbocycles. The largest absolute Gasteiger partial charge is 0.229 e. The van der Waals surface area contributed by atoms with Gasteiger partial charge in [-0.1, -0.05) is 0 Å². The van der Waals surface area contributed by atoms with Gasteiger partial charge in [0.2, 0.25) is 15.2 Å². The molecule has 0 atom stereocenters. The molecule has 0 saturated heterocycles. The van der Waals surface area contributed by atoms with Crippen LogP contribution >= 0.6 is 0 Å². The van der Waals surface area contributed by atoms with Gasteiger partial charge in [-0.3, -0.25) is 0 Å². The molecule has 2 aliphatic carbocycles. The van der Waals surface area contributed by atoms with Gasteiger partial charge in [-0.05, 0) is 0 Å². The molecule has 2 aliphatic rings. The molecule has 2 rings (SSSR count). The Labute approximate surface area is 102 Å². The summed E-state index contributed by atoms with van der Waals surface area (Å²) >= 11 is 0.556. The Morgan fingerprint density at radius 2 is 1.07 bits per heavy atom. The minimum Gasteiger partial charge on any atom is -0.109 e. The van der Waals surface area contributed by atoms with Gasteiger partial charge in [0.1, 0.15) is 0 Å². The Kier molecular flexibility index (Phi) is 6.57. The molecule has 0 N–H and O–H groups in total. The summed E-state index contributed by atoms with van der Waals surface area (Å²) < 4.78 is 1.60. The molecule has 0 unspecified atom stereocenters. The van der Waals surface area contributed by atoms with Crippen molar-refractivity contribution in [1.29, 1.82) is 0 Å². The molecular weight excluding hydrogens is 219 g/mol. The number of allylic oxidation sites excluding steroid dienone is 8. The molecular formula is C12H17AlTi. The van der Waals surface area contributed by atoms with E-state index < -0.39 is 0 Å². The van der Waals surface area contributed by atoms with E-state index in [0.29, 0.717) is 15.2 Å². The van der Waals surface area contributed by atoms with Crippen LogP contribution in [0.4, 0.5) is 0 Å². The maximum absolute atomic E-state index is 2.32. The van der Waals surface area contributed by atoms with E-state index in [2.05, 4.69) is 60.2 Å². The number of hydrogen-bond acceptors (Lipinski definition) is 0. The Bertz CT molecular complexity index is 213. The standard InChI is InChI=1S/2C5H5.2CH3.Al.Ti.H/c2*1-2-4-5-3-1;;;;;/h2*1-5H;2*1H3;;;. The molecule has 0 heterocycles. The van der Waals surface area contributed by atoms with Crippen LogP contribution in [0.15, 0.2) is 48.6 Å². The predicted molar refractivity (Wildman–Crippen MR) is 62.9 cm³/mol. The van der Waals surface area contributed by atoms with Crippen LogP contribution < -0.4 is 0 Å². The zero-order valence-corrected chi connectivity index (χ0v) is 12.0. The SMILES string of the molecule is C1=C[CH]([Ti][CH]2C=CC=C2)C=C1.[CH3][AlH][CH3]. The fourth-order valence-corrected chi connectivity index (χ4v) is 3.39. The summed E-state index contributed by atoms with van der Waals surface area (Å²) in [5, 5.41) is 0. The van der Waals surface area contributed by atoms with Crippen molar-refractivity contribution in [3.05, 3.63) is 48.6 Å². The maximum atomic E-state index is 2.32. The van der Waals surface area contributed by atoms with E-state index in [9.17, 15) is 0 Å². The monoisotopic (exact) mass is 236 g/mol. The summed E-state index contributed by atoms with van der Waals surface area (Å²) in [4.78, 5) is 0. The van der Waals surface area contributed by atoms with Gasteiger partial charge in [0.05, 0.1) is 0 Å². The van der Waals surface area contributed by atoms with Crippen molar-refractivity contribution in [3.63, 3.8) is 0 Å². The van der Waals surface area contributed by atoms with Gasteiger partial charge in [-0.25, -0.2) is 0 Å². The van der Waals surface area contributed by atoms with Crippen LogP contribution in [0.2, 0.25) is 20.0 Å². The van der Waals surface area contributed by atoms with Crippen LogP contribution in [0.5, 0.6) is 0 Å². The minimum atomic E-state index is 0.139. The van der Waals surface area contributed by atoms with E-state index in [-0.39, 0.29) is 19.2 Å². The summed E-state index contributed by atoms with van der Waals surface area (Å²) in [5.74, 6) is 4.53. The van der Waals surface area contributed by atoms with Gasteiger partial charge in [0.15, 0.2) is 0 Å². The van der Waals surface area contributed by atoms with Crippen molar-refractivity contribution < 1.29 is 19.2 Å². The zero-order valence-electron chi connectivity index (χ0n) is 8.98. The molecule has 0 aromatic heterocycles. The third-order valence-electron chi connectivity index (χ3n) is 1.88. The van der Waals surface area contributed by atoms with Crippen molar-refractivity contribution in [2.24, 2.45) is 0 Å². The van der Waals surface area contributed by atoms with Gasteiger partial charge >= 0.3 is 76.2 Å². The topological polar surface area (TPSA) is 0 Å². The quantitative estimate of drug-likeness (QED) is 0.644. The molecule has 0 fully saturated rings. The van der Waals surface area contributed by atoms with Gasteiger partial charge < -0.3 is 0 Å². The fourth-order valence-electron chi connectivity index (χ4n) is 1.31. The fraction of sp³-hybridized carbons (Fsp3) is 0.333. The van der Waals surface area contributed by atoms with Crippen LogP contribution in [0.25, 0.3) is 0 Å². The molecule has 0 amide bonds. The van der Waals surface area contributed by atoms with Gasteiger partial charge in [0, 0.05) is 0 Å². The second kappa shape index (κ2) is 7.49. The third-order valence-corrected chi connectivity index (χ3v) is 4.29. The molecule has 0 saturated carbocycles. The van der Waals surface area contributed by atoms with Gasteiger partial charge in [-0.2, -0.15) is 0 Å². The first kappa shape index (κ1) is 12.3. The molecule has 0 nitrogen and oxygen atoms in total. The average molecular weight is 236 g/mol. The van der Waals surface area contributed by atoms with Gasteiger partial charge in [-0.15, -0.1) is 11.6 Å². The molecule has 72 valence electrons. The van der Waals surface area contributed by atoms with Crippen molar-refractivity contribution in [2.45, 2.75) is 20.0 Å². The number of hydrogen-bond donors (Lipinski definition) is 0. The molecule has 0 aromatic rings. The minimum absolute atomic E-state index is 0.139. The first-order chi connectivity index (χ1) is 6.86. The van der Waals surface area contributed by atoms with E-state index in [1.807, 2.05) is 0 Å². The summed E-state index contributed by atoms with van der Waals surface area (Å²) in [6.07, 6.45) is 17.9. The van der Waals surface area contributed by atoms with E-state index in [1.54, 1.807) is 0 Å². The molecule has 14 heavy (non-hydrogen) atoms. The molecule has 0 radical (unpaired) electrons. The Hall–Kier alpha value is 0.207. The summed E-state index contributed by atoms with van der Waals surface area (Å²) in [6, 6.07) is 0. The number of rotatable bonds is 2. The van der Waals surface area contributed by atoms with Crippen molar-refractivity contribution in [2.75, 3.05) is 0 Å². The summed E-state index contributed by atoms with van der Waals surface area (Å²) in [6.45, 7) is 0. The molecule has 2 heteroatoms. The third kappa shape index (κ3) is 4.62. The Morgan fingerprint density at radius 3 is 1.36 bits per heavy atom. The predicted octanol–water partition coefficient (Wildman–Crippen LogP) is 3.42. The average Bonchev–Trinajstić information content (AvgIpc) is 2.79. The molecule has 0 spiro atoms. The van der Waals surface area contributed by atoms with Crippen molar-refractivity contribution >= 4 is 15.2 Å². The van der Waals surface area contributed by atoms with Crippen LogP contribution in [0.3, 0.4) is 0 Å². The van der Waals surface area contributed by atoms with Crippen molar-refractivity contribution in [1.82, 2.24) is 0 Å². The smallest absolute Gasteiger partial charge is 0.109 e. The second-order valence-electron chi connectivity index (χ2n) is 3.46. The Balaban J connectivity index is 0.000000293. The normalized spacial score (nSPS) is 18.4. The molecule has 0 bridgehead atoms. The summed E-state index contributed by atoms with van der Waals surface area (Å²) in [7, 11) is 0. The van der Waals surface area contributed by atoms with Crippen LogP contribution in [-0.4, -0.2) is 15.2 Å². The van der Waals surface area contributed by atoms with E-state index >= 15 is 0 Å². The second-order valence-corrected chi connectivity index (χ2v) is 7.48. The van der Waals surface area contributed by atoms with Crippen LogP contribution in [0.1, 0.15) is 0 Å². The van der Waals surface area contributed by atoms with E-state index in [0.717, 1.165) is 8.45 Å². The van der Waals surface area contributed by atoms with Crippen molar-refractivity contribution in [3.8, 4) is 0 Å². The van der Waals surface area contributed by atoms with Crippen LogP contribution in [-0.2, 0) is 19.2 Å². The van der Waals surface area contributed by atoms with E-state index in [4.69, 9.17) is 0 Å².